The summed E-state index contributed by atoms with van der Waals surface area (Å²) in [4.78, 5) is 45.1. The number of H-pyrrole nitrogens is 1. The predicted molar refractivity (Wildman–Crippen MR) is 136 cm³/mol. The lowest BCUT2D eigenvalue weighted by Crippen LogP contribution is -2.34. The third-order valence-electron chi connectivity index (χ3n) is 4.53. The highest BCUT2D eigenvalue weighted by molar-refractivity contribution is 7.94. The van der Waals surface area contributed by atoms with E-state index in [1.54, 1.807) is 6.07 Å². The molecule has 0 aliphatic heterocycles. The van der Waals surface area contributed by atoms with Gasteiger partial charge in [-0.3, -0.25) is 4.79 Å². The third kappa shape index (κ3) is 5.58. The fourth-order valence-electron chi connectivity index (χ4n) is 3.06. The van der Waals surface area contributed by atoms with Crippen LogP contribution < -0.4 is 27.2 Å². The number of halogens is 2. The smallest absolute Gasteiger partial charge is 0.307 e. The first-order valence-corrected chi connectivity index (χ1v) is 13.3. The van der Waals surface area contributed by atoms with Crippen molar-refractivity contribution in [2.24, 2.45) is 5.90 Å². The van der Waals surface area contributed by atoms with Gasteiger partial charge in [0.05, 0.1) is 38.0 Å². The summed E-state index contributed by atoms with van der Waals surface area (Å²) in [7, 11) is -4.14. The number of urea groups is 1. The molecule has 2 heterocycles. The molecule has 0 fully saturated rings. The number of carbonyl (C=O) groups excluding carboxylic acids is 1. The first-order valence-electron chi connectivity index (χ1n) is 9.47. The van der Waals surface area contributed by atoms with E-state index in [1.807, 2.05) is 4.72 Å². The molecule has 2 amide bonds. The molecule has 4 rings (SSSR count). The van der Waals surface area contributed by atoms with Crippen molar-refractivity contribution in [3.8, 4) is 5.69 Å². The van der Waals surface area contributed by atoms with Crippen LogP contribution in [0.1, 0.15) is 0 Å². The minimum atomic E-state index is -4.14. The fourth-order valence-corrected chi connectivity index (χ4v) is 6.12. The molecule has 12 nitrogen and oxygen atoms in total. The molecule has 0 aliphatic rings. The number of nitrogens with one attached hydrogen (secondary N) is 3. The second-order valence-corrected chi connectivity index (χ2v) is 11.6. The molecule has 0 radical (unpaired) electrons. The van der Waals surface area contributed by atoms with E-state index < -0.39 is 27.3 Å². The van der Waals surface area contributed by atoms with Crippen LogP contribution in [-0.4, -0.2) is 24.0 Å². The van der Waals surface area contributed by atoms with Crippen LogP contribution in [0.2, 0.25) is 9.36 Å². The maximum Gasteiger partial charge on any atom is 0.333 e. The first-order chi connectivity index (χ1) is 17.1. The molecule has 5 N–H and O–H groups in total. The molecule has 0 saturated carbocycles. The molecule has 0 aliphatic carbocycles. The Bertz CT molecular complexity index is 1700. The van der Waals surface area contributed by atoms with Crippen molar-refractivity contribution in [1.29, 1.82) is 0 Å². The summed E-state index contributed by atoms with van der Waals surface area (Å²) in [5.74, 6) is 4.82. The standard InChI is InChI=1S/C19H13Cl2N5O7S3/c20-12-7-9(23-18(28)25-36(30,31)16-6-5-15(21)34-16)1-4-14(12)26-17(27)11-8-10(35-33-32-22)2-3-13(11)24-19(26)29/h1-8H,22H2,(H,24,29)(H2,23,25,28). The van der Waals surface area contributed by atoms with Gasteiger partial charge in [-0.1, -0.05) is 23.2 Å². The summed E-state index contributed by atoms with van der Waals surface area (Å²) in [5, 5.41) is 2.40. The summed E-state index contributed by atoms with van der Waals surface area (Å²) < 4.78 is 31.9. The van der Waals surface area contributed by atoms with Gasteiger partial charge in [-0.2, -0.15) is 5.90 Å². The number of aromatic amines is 1. The van der Waals surface area contributed by atoms with Crippen LogP contribution in [0.25, 0.3) is 16.6 Å². The summed E-state index contributed by atoms with van der Waals surface area (Å²) in [6.45, 7) is 0. The average molecular weight is 590 g/mol. The van der Waals surface area contributed by atoms with Crippen LogP contribution in [0, 0.1) is 0 Å². The molecule has 2 aromatic carbocycles. The molecule has 36 heavy (non-hydrogen) atoms. The zero-order valence-electron chi connectivity index (χ0n) is 17.5. The summed E-state index contributed by atoms with van der Waals surface area (Å²) in [6.07, 6.45) is 0. The van der Waals surface area contributed by atoms with E-state index in [2.05, 4.69) is 19.6 Å². The number of carbonyl (C=O) groups is 1. The van der Waals surface area contributed by atoms with Crippen LogP contribution in [-0.2, 0) is 19.3 Å². The van der Waals surface area contributed by atoms with E-state index in [1.165, 1.54) is 42.5 Å². The van der Waals surface area contributed by atoms with Crippen molar-refractivity contribution >= 4 is 79.2 Å². The lowest BCUT2D eigenvalue weighted by atomic mass is 10.2. The van der Waals surface area contributed by atoms with Crippen LogP contribution in [0.15, 0.2) is 67.2 Å². The van der Waals surface area contributed by atoms with Gasteiger partial charge >= 0.3 is 11.7 Å². The van der Waals surface area contributed by atoms with Gasteiger partial charge in [0.2, 0.25) is 0 Å². The Morgan fingerprint density at radius 1 is 1.11 bits per heavy atom. The summed E-state index contributed by atoms with van der Waals surface area (Å²) >= 11 is 13.6. The van der Waals surface area contributed by atoms with Gasteiger partial charge in [-0.15, -0.1) is 20.7 Å². The van der Waals surface area contributed by atoms with Crippen molar-refractivity contribution in [2.45, 2.75) is 9.10 Å². The molecule has 0 bridgehead atoms. The quantitative estimate of drug-likeness (QED) is 0.143. The Morgan fingerprint density at radius 3 is 2.56 bits per heavy atom. The molecule has 188 valence electrons. The number of hydrogen-bond acceptors (Lipinski definition) is 10. The van der Waals surface area contributed by atoms with Crippen molar-refractivity contribution in [3.63, 3.8) is 0 Å². The Balaban J connectivity index is 1.61. The average Bonchev–Trinajstić information content (AvgIpc) is 3.26. The molecule has 0 saturated heterocycles. The van der Waals surface area contributed by atoms with E-state index in [0.717, 1.165) is 27.9 Å². The van der Waals surface area contributed by atoms with Gasteiger partial charge < -0.3 is 10.3 Å². The van der Waals surface area contributed by atoms with Gasteiger partial charge in [-0.25, -0.2) is 27.3 Å². The normalized spacial score (nSPS) is 11.5. The number of nitrogens with two attached hydrogens (primary N) is 1. The number of sulfonamides is 1. The lowest BCUT2D eigenvalue weighted by molar-refractivity contribution is -0.195. The second kappa shape index (κ2) is 10.6. The number of aromatic nitrogens is 2. The van der Waals surface area contributed by atoms with Gasteiger partial charge in [-0.05, 0) is 48.5 Å². The number of anilines is 1. The van der Waals surface area contributed by atoms with Crippen LogP contribution in [0.5, 0.6) is 0 Å². The molecule has 0 atom stereocenters. The van der Waals surface area contributed by atoms with Crippen LogP contribution in [0.4, 0.5) is 10.5 Å². The highest BCUT2D eigenvalue weighted by atomic mass is 35.5. The van der Waals surface area contributed by atoms with E-state index in [0.29, 0.717) is 4.90 Å². The number of fused-ring (bicyclic) bond motifs is 1. The van der Waals surface area contributed by atoms with E-state index in [9.17, 15) is 22.8 Å². The van der Waals surface area contributed by atoms with Gasteiger partial charge in [0.15, 0.2) is 0 Å². The first kappa shape index (κ1) is 26.2. The highest BCUT2D eigenvalue weighted by Crippen LogP contribution is 2.26. The third-order valence-corrected chi connectivity index (χ3v) is 8.48. The minimum absolute atomic E-state index is 0.0243. The number of nitrogens with zero attached hydrogens (tertiary/aromatic N) is 1. The van der Waals surface area contributed by atoms with Crippen molar-refractivity contribution < 1.29 is 22.5 Å². The van der Waals surface area contributed by atoms with E-state index >= 15 is 0 Å². The monoisotopic (exact) mass is 589 g/mol. The van der Waals surface area contributed by atoms with Crippen LogP contribution in [0.3, 0.4) is 0 Å². The molecule has 0 unspecified atom stereocenters. The molecule has 4 aromatic rings. The molecular weight excluding hydrogens is 577 g/mol. The van der Waals surface area contributed by atoms with Crippen molar-refractivity contribution in [3.05, 3.63) is 78.7 Å². The number of hydrogen-bond donors (Lipinski definition) is 4. The van der Waals surface area contributed by atoms with E-state index in [4.69, 9.17) is 29.1 Å². The Morgan fingerprint density at radius 2 is 1.89 bits per heavy atom. The summed E-state index contributed by atoms with van der Waals surface area (Å²) in [5.41, 5.74) is -1.03. The zero-order chi connectivity index (χ0) is 26.0. The Hall–Kier alpha value is -2.89. The maximum absolute atomic E-state index is 13.1. The predicted octanol–water partition coefficient (Wildman–Crippen LogP) is 3.39. The molecule has 0 spiro atoms. The summed E-state index contributed by atoms with van der Waals surface area (Å²) in [6, 6.07) is 10.0. The van der Waals surface area contributed by atoms with Crippen LogP contribution >= 0.6 is 46.6 Å². The van der Waals surface area contributed by atoms with Gasteiger partial charge in [0.1, 0.15) is 4.21 Å². The molecular formula is C19H13Cl2N5O7S3. The van der Waals surface area contributed by atoms with Gasteiger partial charge in [0.25, 0.3) is 15.6 Å². The maximum atomic E-state index is 13.1. The SMILES string of the molecule is NOOSc1ccc2[nH]c(=O)n(-c3ccc(NC(=O)NS(=O)(=O)c4ccc(Cl)s4)cc3Cl)c(=O)c2c1. The fraction of sp³-hybridized carbons (Fsp3) is 0. The minimum Gasteiger partial charge on any atom is -0.307 e. The highest BCUT2D eigenvalue weighted by Gasteiger charge is 2.20. The second-order valence-electron chi connectivity index (χ2n) is 6.81. The van der Waals surface area contributed by atoms with Crippen molar-refractivity contribution in [1.82, 2.24) is 14.3 Å². The molecule has 17 heteroatoms. The largest absolute Gasteiger partial charge is 0.333 e. The topological polar surface area (TPSA) is 175 Å². The number of amides is 2. The molecule has 2 aromatic heterocycles. The Kier molecular flexibility index (Phi) is 7.72. The number of rotatable bonds is 7. The van der Waals surface area contributed by atoms with Crippen molar-refractivity contribution in [2.75, 3.05) is 5.32 Å². The Labute approximate surface area is 220 Å². The lowest BCUT2D eigenvalue weighted by Gasteiger charge is -2.11. The van der Waals surface area contributed by atoms with Gasteiger partial charge in [0, 0.05) is 10.6 Å². The number of thiophene rings is 1. The number of benzene rings is 2. The van der Waals surface area contributed by atoms with E-state index in [-0.39, 0.29) is 35.8 Å². The zero-order valence-corrected chi connectivity index (χ0v) is 21.4.